The van der Waals surface area contributed by atoms with E-state index in [4.69, 9.17) is 9.84 Å². The molecule has 2 aromatic rings. The Morgan fingerprint density at radius 3 is 2.14 bits per heavy atom. The second kappa shape index (κ2) is 11.3. The lowest BCUT2D eigenvalue weighted by Gasteiger charge is -2.21. The van der Waals surface area contributed by atoms with Gasteiger partial charge in [0.05, 0.1) is 12.5 Å². The highest BCUT2D eigenvalue weighted by atomic mass is 19.3. The second-order valence-electron chi connectivity index (χ2n) is 8.93. The van der Waals surface area contributed by atoms with Crippen LogP contribution in [0.4, 0.5) is 13.6 Å². The van der Waals surface area contributed by atoms with E-state index in [1.165, 1.54) is 0 Å². The number of rotatable bonds is 11. The van der Waals surface area contributed by atoms with Gasteiger partial charge in [-0.2, -0.15) is 8.78 Å². The van der Waals surface area contributed by atoms with Gasteiger partial charge in [-0.05, 0) is 42.0 Å². The monoisotopic (exact) mass is 488 g/mol. The second-order valence-corrected chi connectivity index (χ2v) is 8.93. The van der Waals surface area contributed by atoms with Crippen molar-refractivity contribution in [2.45, 2.75) is 51.0 Å². The summed E-state index contributed by atoms with van der Waals surface area (Å²) >= 11 is 0. The van der Waals surface area contributed by atoms with Crippen molar-refractivity contribution in [3.05, 3.63) is 59.7 Å². The van der Waals surface area contributed by atoms with E-state index < -0.39 is 42.4 Å². The number of nitrogens with one attached hydrogen (secondary N) is 2. The molecular formula is C26H30F2N2O5. The number of carboxylic acid groups (broad SMARTS) is 1. The predicted molar refractivity (Wildman–Crippen MR) is 126 cm³/mol. The Kier molecular flexibility index (Phi) is 8.43. The van der Waals surface area contributed by atoms with Gasteiger partial charge in [0.2, 0.25) is 0 Å². The molecule has 35 heavy (non-hydrogen) atoms. The van der Waals surface area contributed by atoms with Crippen molar-refractivity contribution >= 4 is 18.0 Å². The van der Waals surface area contributed by atoms with Gasteiger partial charge in [0.25, 0.3) is 5.91 Å². The molecule has 2 aromatic carbocycles. The van der Waals surface area contributed by atoms with Crippen LogP contribution in [0.3, 0.4) is 0 Å². The van der Waals surface area contributed by atoms with Gasteiger partial charge < -0.3 is 20.5 Å². The molecule has 0 fully saturated rings. The van der Waals surface area contributed by atoms with Gasteiger partial charge >= 0.3 is 18.0 Å². The summed E-state index contributed by atoms with van der Waals surface area (Å²) in [4.78, 5) is 34.9. The lowest BCUT2D eigenvalue weighted by Crippen LogP contribution is -2.50. The number of benzene rings is 2. The van der Waals surface area contributed by atoms with E-state index >= 15 is 0 Å². The number of ether oxygens (including phenoxy) is 1. The number of fused-ring (bicyclic) bond motifs is 3. The fraction of sp³-hybridized carbons (Fsp3) is 0.423. The van der Waals surface area contributed by atoms with Crippen LogP contribution in [-0.4, -0.2) is 48.2 Å². The summed E-state index contributed by atoms with van der Waals surface area (Å²) in [5, 5.41) is 13.1. The molecule has 0 saturated heterocycles. The van der Waals surface area contributed by atoms with Crippen LogP contribution in [0.2, 0.25) is 0 Å². The number of carbonyl (C=O) groups is 3. The minimum Gasteiger partial charge on any atom is -0.481 e. The average molecular weight is 489 g/mol. The lowest BCUT2D eigenvalue weighted by atomic mass is 9.98. The van der Waals surface area contributed by atoms with Crippen molar-refractivity contribution in [3.8, 4) is 11.1 Å². The Labute approximate surface area is 202 Å². The molecule has 1 aliphatic rings. The minimum absolute atomic E-state index is 0.0244. The standard InChI is InChI=1S/C26H30F2N2O5/c1-16(23(31)32)8-7-9-17(2)30-24(33)26(27,28)15-29-25(34)35-14-22-20-12-5-3-10-18(20)19-11-4-6-13-21(19)22/h3-6,10-13,16-17,22H,7-9,14-15H2,1-2H3,(H,29,34)(H,30,33)(H,31,32). The average Bonchev–Trinajstić information content (AvgIpc) is 3.15. The summed E-state index contributed by atoms with van der Waals surface area (Å²) in [6.07, 6.45) is 0.183. The molecule has 0 radical (unpaired) electrons. The molecule has 7 nitrogen and oxygen atoms in total. The molecule has 9 heteroatoms. The molecule has 1 aliphatic carbocycles. The summed E-state index contributed by atoms with van der Waals surface area (Å²) in [7, 11) is 0. The Morgan fingerprint density at radius 1 is 1.00 bits per heavy atom. The first-order valence-electron chi connectivity index (χ1n) is 11.6. The largest absolute Gasteiger partial charge is 0.481 e. The summed E-state index contributed by atoms with van der Waals surface area (Å²) in [6.45, 7) is 1.91. The number of alkyl carbamates (subject to hydrolysis) is 1. The van der Waals surface area contributed by atoms with Gasteiger partial charge in [0, 0.05) is 12.0 Å². The quantitative estimate of drug-likeness (QED) is 0.430. The van der Waals surface area contributed by atoms with E-state index in [1.807, 2.05) is 53.8 Å². The maximum Gasteiger partial charge on any atom is 0.407 e. The first kappa shape index (κ1) is 26.1. The molecule has 3 N–H and O–H groups in total. The van der Waals surface area contributed by atoms with E-state index in [1.54, 1.807) is 13.8 Å². The van der Waals surface area contributed by atoms with Crippen molar-refractivity contribution in [1.29, 1.82) is 0 Å². The summed E-state index contributed by atoms with van der Waals surface area (Å²) in [6, 6.07) is 14.9. The molecule has 0 aromatic heterocycles. The van der Waals surface area contributed by atoms with Crippen molar-refractivity contribution in [2.75, 3.05) is 13.2 Å². The van der Waals surface area contributed by atoms with Gasteiger partial charge in [0.15, 0.2) is 0 Å². The number of aliphatic carboxylic acids is 1. The minimum atomic E-state index is -3.83. The Balaban J connectivity index is 1.46. The molecule has 2 atom stereocenters. The number of carboxylic acids is 1. The highest BCUT2D eigenvalue weighted by molar-refractivity contribution is 5.84. The molecule has 0 aliphatic heterocycles. The Morgan fingerprint density at radius 2 is 1.57 bits per heavy atom. The van der Waals surface area contributed by atoms with Gasteiger partial charge in [-0.15, -0.1) is 0 Å². The summed E-state index contributed by atoms with van der Waals surface area (Å²) < 4.78 is 33.8. The van der Waals surface area contributed by atoms with Crippen LogP contribution < -0.4 is 10.6 Å². The summed E-state index contributed by atoms with van der Waals surface area (Å²) in [5.74, 6) is -7.00. The molecule has 3 rings (SSSR count). The maximum atomic E-state index is 14.3. The van der Waals surface area contributed by atoms with E-state index in [2.05, 4.69) is 5.32 Å². The molecule has 0 spiro atoms. The smallest absolute Gasteiger partial charge is 0.407 e. The lowest BCUT2D eigenvalue weighted by molar-refractivity contribution is -0.145. The van der Waals surface area contributed by atoms with E-state index in [0.717, 1.165) is 22.3 Å². The third-order valence-corrected chi connectivity index (χ3v) is 6.20. The first-order chi connectivity index (χ1) is 16.6. The molecule has 0 saturated carbocycles. The number of carbonyl (C=O) groups excluding carboxylic acids is 2. The molecule has 2 unspecified atom stereocenters. The number of hydrogen-bond donors (Lipinski definition) is 3. The van der Waals surface area contributed by atoms with E-state index in [9.17, 15) is 23.2 Å². The van der Waals surface area contributed by atoms with Crippen LogP contribution in [0.1, 0.15) is 50.2 Å². The Hall–Kier alpha value is -3.49. The molecule has 0 heterocycles. The normalized spacial score (nSPS) is 14.4. The van der Waals surface area contributed by atoms with Gasteiger partial charge in [-0.25, -0.2) is 4.79 Å². The predicted octanol–water partition coefficient (Wildman–Crippen LogP) is 4.56. The van der Waals surface area contributed by atoms with Crippen molar-refractivity contribution in [3.63, 3.8) is 0 Å². The highest BCUT2D eigenvalue weighted by Crippen LogP contribution is 2.44. The van der Waals surface area contributed by atoms with Crippen LogP contribution in [0.5, 0.6) is 0 Å². The first-order valence-corrected chi connectivity index (χ1v) is 11.6. The van der Waals surface area contributed by atoms with Crippen molar-refractivity contribution < 1.29 is 33.0 Å². The fourth-order valence-corrected chi connectivity index (χ4v) is 4.17. The molecule has 188 valence electrons. The number of amides is 2. The van der Waals surface area contributed by atoms with Gasteiger partial charge in [-0.3, -0.25) is 9.59 Å². The number of halogens is 2. The van der Waals surface area contributed by atoms with Gasteiger partial charge in [0.1, 0.15) is 6.61 Å². The number of alkyl halides is 2. The maximum absolute atomic E-state index is 14.3. The van der Waals surface area contributed by atoms with Crippen LogP contribution in [0.15, 0.2) is 48.5 Å². The van der Waals surface area contributed by atoms with Crippen LogP contribution >= 0.6 is 0 Å². The third kappa shape index (κ3) is 6.55. The zero-order valence-corrected chi connectivity index (χ0v) is 19.7. The fourth-order valence-electron chi connectivity index (χ4n) is 4.17. The SMILES string of the molecule is CC(CCCC(C)C(=O)O)NC(=O)C(F)(F)CNC(=O)OCC1c2ccccc2-c2ccccc21. The number of hydrogen-bond acceptors (Lipinski definition) is 4. The topological polar surface area (TPSA) is 105 Å². The molecule has 0 bridgehead atoms. The third-order valence-electron chi connectivity index (χ3n) is 6.20. The van der Waals surface area contributed by atoms with E-state index in [0.29, 0.717) is 19.3 Å². The molecule has 2 amide bonds. The zero-order valence-electron chi connectivity index (χ0n) is 19.7. The van der Waals surface area contributed by atoms with Crippen LogP contribution in [0, 0.1) is 5.92 Å². The molecular weight excluding hydrogens is 458 g/mol. The summed E-state index contributed by atoms with van der Waals surface area (Å²) in [5.41, 5.74) is 4.09. The Bertz CT molecular complexity index is 1030. The zero-order chi connectivity index (χ0) is 25.6. The van der Waals surface area contributed by atoms with Crippen molar-refractivity contribution in [2.24, 2.45) is 5.92 Å². The van der Waals surface area contributed by atoms with Crippen LogP contribution in [0.25, 0.3) is 11.1 Å². The van der Waals surface area contributed by atoms with E-state index in [-0.39, 0.29) is 12.5 Å². The van der Waals surface area contributed by atoms with Crippen LogP contribution in [-0.2, 0) is 14.3 Å². The van der Waals surface area contributed by atoms with Crippen molar-refractivity contribution in [1.82, 2.24) is 10.6 Å². The highest BCUT2D eigenvalue weighted by Gasteiger charge is 2.40. The van der Waals surface area contributed by atoms with Gasteiger partial charge in [-0.1, -0.05) is 61.9 Å².